The van der Waals surface area contributed by atoms with E-state index < -0.39 is 6.36 Å². The molecular weight excluding hydrogens is 303 g/mol. The average molecular weight is 316 g/mol. The monoisotopic (exact) mass is 315 g/mol. The lowest BCUT2D eigenvalue weighted by molar-refractivity contribution is -0.274. The van der Waals surface area contributed by atoms with Gasteiger partial charge in [0.1, 0.15) is 5.75 Å². The topological polar surface area (TPSA) is 22.1 Å². The highest BCUT2D eigenvalue weighted by atomic mass is 35.5. The van der Waals surface area contributed by atoms with E-state index in [2.05, 4.69) is 9.72 Å². The average Bonchev–Trinajstić information content (AvgIpc) is 2.40. The van der Waals surface area contributed by atoms with E-state index in [1.54, 1.807) is 6.20 Å². The maximum absolute atomic E-state index is 12.1. The number of halogens is 4. The van der Waals surface area contributed by atoms with Gasteiger partial charge in [-0.1, -0.05) is 18.2 Å². The van der Waals surface area contributed by atoms with Gasteiger partial charge in [0.25, 0.3) is 0 Å². The van der Waals surface area contributed by atoms with Gasteiger partial charge in [0.15, 0.2) is 0 Å². The fraction of sp³-hybridized carbons (Fsp3) is 0.267. The molecule has 0 aliphatic rings. The molecule has 0 amide bonds. The summed E-state index contributed by atoms with van der Waals surface area (Å²) in [6.45, 7) is 1.94. The summed E-state index contributed by atoms with van der Waals surface area (Å²) in [5.74, 6) is -0.261. The van der Waals surface area contributed by atoms with Gasteiger partial charge >= 0.3 is 6.36 Å². The molecule has 1 aromatic carbocycles. The first kappa shape index (κ1) is 15.6. The number of rotatable bonds is 4. The molecule has 0 aliphatic heterocycles. The standard InChI is InChI=1S/C15H13ClF3NO/c1-10-2-5-12(20-9-10)8-14(16)11-3-6-13(7-4-11)21-15(17,18)19/h2-7,9,14H,8H2,1H3. The van der Waals surface area contributed by atoms with E-state index in [1.807, 2.05) is 19.1 Å². The van der Waals surface area contributed by atoms with Crippen molar-refractivity contribution in [2.24, 2.45) is 0 Å². The van der Waals surface area contributed by atoms with Gasteiger partial charge in [-0.3, -0.25) is 4.98 Å². The Balaban J connectivity index is 2.02. The quantitative estimate of drug-likeness (QED) is 0.755. The molecule has 112 valence electrons. The van der Waals surface area contributed by atoms with E-state index in [-0.39, 0.29) is 11.1 Å². The number of aromatic nitrogens is 1. The van der Waals surface area contributed by atoms with Crippen molar-refractivity contribution < 1.29 is 17.9 Å². The highest BCUT2D eigenvalue weighted by Crippen LogP contribution is 2.28. The fourth-order valence-electron chi connectivity index (χ4n) is 1.80. The van der Waals surface area contributed by atoms with Crippen LogP contribution in [0.15, 0.2) is 42.6 Å². The fourth-order valence-corrected chi connectivity index (χ4v) is 2.10. The summed E-state index contributed by atoms with van der Waals surface area (Å²) in [5, 5.41) is -0.361. The Kier molecular flexibility index (Phi) is 4.73. The van der Waals surface area contributed by atoms with Crippen LogP contribution in [0.3, 0.4) is 0 Å². The van der Waals surface area contributed by atoms with Crippen LogP contribution < -0.4 is 4.74 Å². The molecule has 6 heteroatoms. The first-order valence-corrected chi connectivity index (χ1v) is 6.68. The molecule has 1 atom stereocenters. The van der Waals surface area contributed by atoms with Crippen molar-refractivity contribution in [1.82, 2.24) is 4.98 Å². The van der Waals surface area contributed by atoms with E-state index in [0.29, 0.717) is 12.0 Å². The molecule has 1 aromatic heterocycles. The van der Waals surface area contributed by atoms with E-state index in [0.717, 1.165) is 11.3 Å². The third-order valence-corrected chi connectivity index (χ3v) is 3.24. The molecule has 0 bridgehead atoms. The molecule has 0 saturated carbocycles. The van der Waals surface area contributed by atoms with Crippen molar-refractivity contribution in [3.63, 3.8) is 0 Å². The number of nitrogens with zero attached hydrogens (tertiary/aromatic N) is 1. The lowest BCUT2D eigenvalue weighted by Gasteiger charge is -2.12. The molecule has 1 heterocycles. The van der Waals surface area contributed by atoms with Gasteiger partial charge in [-0.2, -0.15) is 0 Å². The SMILES string of the molecule is Cc1ccc(CC(Cl)c2ccc(OC(F)(F)F)cc2)nc1. The first-order valence-electron chi connectivity index (χ1n) is 6.25. The second-order valence-electron chi connectivity index (χ2n) is 4.62. The molecule has 21 heavy (non-hydrogen) atoms. The minimum absolute atomic E-state index is 0.261. The van der Waals surface area contributed by atoms with Crippen LogP contribution in [0.4, 0.5) is 13.2 Å². The zero-order valence-electron chi connectivity index (χ0n) is 11.2. The van der Waals surface area contributed by atoms with Crippen molar-refractivity contribution in [3.8, 4) is 5.75 Å². The highest BCUT2D eigenvalue weighted by Gasteiger charge is 2.31. The van der Waals surface area contributed by atoms with Crippen LogP contribution >= 0.6 is 11.6 Å². The third kappa shape index (κ3) is 4.93. The molecule has 0 spiro atoms. The number of hydrogen-bond acceptors (Lipinski definition) is 2. The largest absolute Gasteiger partial charge is 0.573 e. The molecule has 2 rings (SSSR count). The summed E-state index contributed by atoms with van der Waals surface area (Å²) in [7, 11) is 0. The highest BCUT2D eigenvalue weighted by molar-refractivity contribution is 6.20. The normalized spacial score (nSPS) is 13.0. The Morgan fingerprint density at radius 1 is 1.14 bits per heavy atom. The van der Waals surface area contributed by atoms with Gasteiger partial charge < -0.3 is 4.74 Å². The number of ether oxygens (including phenoxy) is 1. The Bertz CT molecular complexity index is 581. The Morgan fingerprint density at radius 2 is 1.81 bits per heavy atom. The summed E-state index contributed by atoms with van der Waals surface area (Å²) >= 11 is 6.26. The Labute approximate surface area is 125 Å². The second-order valence-corrected chi connectivity index (χ2v) is 5.14. The molecule has 0 radical (unpaired) electrons. The van der Waals surface area contributed by atoms with Crippen molar-refractivity contribution in [2.45, 2.75) is 25.1 Å². The number of hydrogen-bond donors (Lipinski definition) is 0. The first-order chi connectivity index (χ1) is 9.83. The van der Waals surface area contributed by atoms with Gasteiger partial charge in [0.05, 0.1) is 5.38 Å². The van der Waals surface area contributed by atoms with Crippen LogP contribution in [-0.2, 0) is 6.42 Å². The molecular formula is C15H13ClF3NO. The van der Waals surface area contributed by atoms with Crippen LogP contribution in [-0.4, -0.2) is 11.3 Å². The van der Waals surface area contributed by atoms with Crippen LogP contribution in [0, 0.1) is 6.92 Å². The number of benzene rings is 1. The zero-order chi connectivity index (χ0) is 15.5. The predicted octanol–water partition coefficient (Wildman–Crippen LogP) is 4.81. The lowest BCUT2D eigenvalue weighted by Crippen LogP contribution is -2.17. The van der Waals surface area contributed by atoms with Crippen LogP contribution in [0.25, 0.3) is 0 Å². The summed E-state index contributed by atoms with van der Waals surface area (Å²) in [6.07, 6.45) is -2.44. The lowest BCUT2D eigenvalue weighted by atomic mass is 10.1. The molecule has 2 aromatic rings. The van der Waals surface area contributed by atoms with Gasteiger partial charge in [0, 0.05) is 18.3 Å². The van der Waals surface area contributed by atoms with E-state index in [9.17, 15) is 13.2 Å². The summed E-state index contributed by atoms with van der Waals surface area (Å²) in [4.78, 5) is 4.25. The van der Waals surface area contributed by atoms with E-state index in [4.69, 9.17) is 11.6 Å². The summed E-state index contributed by atoms with van der Waals surface area (Å²) in [6, 6.07) is 9.36. The Hall–Kier alpha value is -1.75. The van der Waals surface area contributed by atoms with Gasteiger partial charge in [-0.15, -0.1) is 24.8 Å². The second kappa shape index (κ2) is 6.35. The maximum atomic E-state index is 12.1. The zero-order valence-corrected chi connectivity index (χ0v) is 11.9. The van der Waals surface area contributed by atoms with Gasteiger partial charge in [0.2, 0.25) is 0 Å². The smallest absolute Gasteiger partial charge is 0.406 e. The van der Waals surface area contributed by atoms with E-state index in [1.165, 1.54) is 24.3 Å². The summed E-state index contributed by atoms with van der Waals surface area (Å²) in [5.41, 5.74) is 2.60. The minimum Gasteiger partial charge on any atom is -0.406 e. The molecule has 2 nitrogen and oxygen atoms in total. The number of aryl methyl sites for hydroxylation is 1. The van der Waals surface area contributed by atoms with Crippen molar-refractivity contribution >= 4 is 11.6 Å². The van der Waals surface area contributed by atoms with Crippen molar-refractivity contribution in [2.75, 3.05) is 0 Å². The predicted molar refractivity (Wildman–Crippen MR) is 74.4 cm³/mol. The molecule has 0 saturated heterocycles. The van der Waals surface area contributed by atoms with Crippen LogP contribution in [0.1, 0.15) is 22.2 Å². The van der Waals surface area contributed by atoms with Crippen molar-refractivity contribution in [1.29, 1.82) is 0 Å². The molecule has 0 N–H and O–H groups in total. The molecule has 0 fully saturated rings. The number of alkyl halides is 4. The minimum atomic E-state index is -4.69. The van der Waals surface area contributed by atoms with Gasteiger partial charge in [-0.25, -0.2) is 0 Å². The third-order valence-electron chi connectivity index (χ3n) is 2.84. The number of pyridine rings is 1. The van der Waals surface area contributed by atoms with Crippen LogP contribution in [0.5, 0.6) is 5.75 Å². The van der Waals surface area contributed by atoms with Gasteiger partial charge in [-0.05, 0) is 36.2 Å². The summed E-state index contributed by atoms with van der Waals surface area (Å²) < 4.78 is 40.0. The molecule has 1 unspecified atom stereocenters. The van der Waals surface area contributed by atoms with Crippen LogP contribution in [0.2, 0.25) is 0 Å². The molecule has 0 aliphatic carbocycles. The van der Waals surface area contributed by atoms with E-state index >= 15 is 0 Å². The maximum Gasteiger partial charge on any atom is 0.573 e. The Morgan fingerprint density at radius 3 is 2.33 bits per heavy atom. The van der Waals surface area contributed by atoms with Crippen molar-refractivity contribution in [3.05, 3.63) is 59.4 Å².